The second kappa shape index (κ2) is 7.04. The van der Waals surface area contributed by atoms with Crippen LogP contribution in [0.3, 0.4) is 0 Å². The third-order valence-corrected chi connectivity index (χ3v) is 2.09. The summed E-state index contributed by atoms with van der Waals surface area (Å²) < 4.78 is 0. The molecular formula is C13H21NO. The molecule has 1 aromatic rings. The van der Waals surface area contributed by atoms with Crippen molar-refractivity contribution in [2.45, 2.75) is 40.5 Å². The molecule has 0 heterocycles. The third-order valence-electron chi connectivity index (χ3n) is 2.09. The summed E-state index contributed by atoms with van der Waals surface area (Å²) in [7, 11) is 0. The summed E-state index contributed by atoms with van der Waals surface area (Å²) >= 11 is 0. The first-order valence-electron chi connectivity index (χ1n) is 5.09. The van der Waals surface area contributed by atoms with E-state index in [-0.39, 0.29) is 13.3 Å². The number of carbonyl (C=O) groups excluding carboxylic acids is 1. The smallest absolute Gasteiger partial charge is 0.224 e. The molecule has 0 unspecified atom stereocenters. The third kappa shape index (κ3) is 5.21. The Balaban J connectivity index is 0.00000196. The van der Waals surface area contributed by atoms with E-state index in [0.29, 0.717) is 6.42 Å². The first-order chi connectivity index (χ1) is 6.72. The van der Waals surface area contributed by atoms with Gasteiger partial charge in [-0.3, -0.25) is 4.79 Å². The fraction of sp³-hybridized carbons (Fsp3) is 0.462. The van der Waals surface area contributed by atoms with Gasteiger partial charge in [0, 0.05) is 12.1 Å². The zero-order valence-corrected chi connectivity index (χ0v) is 8.84. The number of carbonyl (C=O) groups is 1. The number of hydrogen-bond acceptors (Lipinski definition) is 1. The van der Waals surface area contributed by atoms with Gasteiger partial charge in [-0.15, -0.1) is 0 Å². The van der Waals surface area contributed by atoms with Crippen molar-refractivity contribution < 1.29 is 4.79 Å². The Morgan fingerprint density at radius 3 is 2.40 bits per heavy atom. The van der Waals surface area contributed by atoms with Crippen molar-refractivity contribution >= 4 is 11.6 Å². The molecule has 84 valence electrons. The van der Waals surface area contributed by atoms with Gasteiger partial charge in [0.25, 0.3) is 0 Å². The molecule has 0 spiro atoms. The summed E-state index contributed by atoms with van der Waals surface area (Å²) in [4.78, 5) is 11.3. The molecule has 15 heavy (non-hydrogen) atoms. The second-order valence-corrected chi connectivity index (χ2v) is 3.52. The number of anilines is 1. The van der Waals surface area contributed by atoms with Gasteiger partial charge in [-0.05, 0) is 25.5 Å². The van der Waals surface area contributed by atoms with E-state index in [2.05, 4.69) is 12.2 Å². The number of rotatable bonds is 4. The molecule has 0 bridgehead atoms. The summed E-state index contributed by atoms with van der Waals surface area (Å²) in [6.07, 6.45) is 2.63. The highest BCUT2D eigenvalue weighted by Crippen LogP contribution is 2.09. The van der Waals surface area contributed by atoms with Crippen LogP contribution in [0.15, 0.2) is 24.3 Å². The SMILES string of the molecule is C.CCCCC(=O)Nc1ccc(C)cc1. The molecule has 2 heteroatoms. The highest BCUT2D eigenvalue weighted by Gasteiger charge is 2.00. The summed E-state index contributed by atoms with van der Waals surface area (Å²) in [6.45, 7) is 4.11. The van der Waals surface area contributed by atoms with Crippen LogP contribution in [0.5, 0.6) is 0 Å². The maximum Gasteiger partial charge on any atom is 0.224 e. The lowest BCUT2D eigenvalue weighted by atomic mass is 10.2. The van der Waals surface area contributed by atoms with Crippen molar-refractivity contribution in [2.24, 2.45) is 0 Å². The predicted octanol–water partition coefficient (Wildman–Crippen LogP) is 3.76. The molecule has 1 aromatic carbocycles. The average Bonchev–Trinajstić information content (AvgIpc) is 2.18. The van der Waals surface area contributed by atoms with Crippen molar-refractivity contribution in [2.75, 3.05) is 5.32 Å². The standard InChI is InChI=1S/C12H17NO.CH4/c1-3-4-5-12(14)13-11-8-6-10(2)7-9-11;/h6-9H,3-5H2,1-2H3,(H,13,14);1H4. The Kier molecular flexibility index (Phi) is 6.43. The van der Waals surface area contributed by atoms with Crippen LogP contribution < -0.4 is 5.32 Å². The van der Waals surface area contributed by atoms with Gasteiger partial charge in [-0.2, -0.15) is 0 Å². The molecule has 0 saturated carbocycles. The van der Waals surface area contributed by atoms with E-state index in [9.17, 15) is 4.79 Å². The Morgan fingerprint density at radius 1 is 1.27 bits per heavy atom. The molecule has 1 N–H and O–H groups in total. The lowest BCUT2D eigenvalue weighted by Crippen LogP contribution is -2.10. The molecule has 0 aliphatic carbocycles. The van der Waals surface area contributed by atoms with Gasteiger partial charge >= 0.3 is 0 Å². The highest BCUT2D eigenvalue weighted by molar-refractivity contribution is 5.90. The molecule has 0 fully saturated rings. The van der Waals surface area contributed by atoms with Crippen LogP contribution >= 0.6 is 0 Å². The van der Waals surface area contributed by atoms with Gasteiger partial charge < -0.3 is 5.32 Å². The number of amides is 1. The quantitative estimate of drug-likeness (QED) is 0.800. The second-order valence-electron chi connectivity index (χ2n) is 3.52. The number of aryl methyl sites for hydroxylation is 1. The highest BCUT2D eigenvalue weighted by atomic mass is 16.1. The lowest BCUT2D eigenvalue weighted by molar-refractivity contribution is -0.116. The minimum atomic E-state index is 0. The lowest BCUT2D eigenvalue weighted by Gasteiger charge is -2.04. The minimum Gasteiger partial charge on any atom is -0.326 e. The molecule has 0 aliphatic rings. The van der Waals surface area contributed by atoms with Gasteiger partial charge in [0.05, 0.1) is 0 Å². The van der Waals surface area contributed by atoms with Crippen LogP contribution in [0, 0.1) is 6.92 Å². The summed E-state index contributed by atoms with van der Waals surface area (Å²) in [6, 6.07) is 7.85. The monoisotopic (exact) mass is 207 g/mol. The molecular weight excluding hydrogens is 186 g/mol. The number of benzene rings is 1. The summed E-state index contributed by atoms with van der Waals surface area (Å²) in [5, 5.41) is 2.86. The van der Waals surface area contributed by atoms with Crippen LogP contribution in [0.2, 0.25) is 0 Å². The first-order valence-corrected chi connectivity index (χ1v) is 5.09. The van der Waals surface area contributed by atoms with Crippen LogP contribution in [0.1, 0.15) is 39.2 Å². The van der Waals surface area contributed by atoms with Crippen molar-refractivity contribution in [3.8, 4) is 0 Å². The van der Waals surface area contributed by atoms with Crippen molar-refractivity contribution in [1.29, 1.82) is 0 Å². The van der Waals surface area contributed by atoms with E-state index in [1.54, 1.807) is 0 Å². The molecule has 0 aromatic heterocycles. The van der Waals surface area contributed by atoms with Crippen molar-refractivity contribution in [1.82, 2.24) is 0 Å². The molecule has 1 rings (SSSR count). The maximum absolute atomic E-state index is 11.3. The Bertz CT molecular complexity index is 290. The maximum atomic E-state index is 11.3. The molecule has 1 amide bonds. The predicted molar refractivity (Wildman–Crippen MR) is 66.1 cm³/mol. The fourth-order valence-electron chi connectivity index (χ4n) is 1.20. The van der Waals surface area contributed by atoms with Gasteiger partial charge in [-0.25, -0.2) is 0 Å². The molecule has 0 radical (unpaired) electrons. The van der Waals surface area contributed by atoms with Gasteiger partial charge in [-0.1, -0.05) is 38.5 Å². The van der Waals surface area contributed by atoms with Crippen molar-refractivity contribution in [3.05, 3.63) is 29.8 Å². The van der Waals surface area contributed by atoms with Gasteiger partial charge in [0.2, 0.25) is 5.91 Å². The van der Waals surface area contributed by atoms with Gasteiger partial charge in [0.15, 0.2) is 0 Å². The topological polar surface area (TPSA) is 29.1 Å². The van der Waals surface area contributed by atoms with E-state index in [1.165, 1.54) is 5.56 Å². The van der Waals surface area contributed by atoms with E-state index in [4.69, 9.17) is 0 Å². The average molecular weight is 207 g/mol. The molecule has 0 aliphatic heterocycles. The number of nitrogens with one attached hydrogen (secondary N) is 1. The Hall–Kier alpha value is -1.31. The number of unbranched alkanes of at least 4 members (excludes halogenated alkanes) is 1. The van der Waals surface area contributed by atoms with E-state index < -0.39 is 0 Å². The van der Waals surface area contributed by atoms with Crippen LogP contribution in [-0.2, 0) is 4.79 Å². The fourth-order valence-corrected chi connectivity index (χ4v) is 1.20. The van der Waals surface area contributed by atoms with E-state index in [1.807, 2.05) is 31.2 Å². The van der Waals surface area contributed by atoms with Crippen LogP contribution in [0.25, 0.3) is 0 Å². The number of hydrogen-bond donors (Lipinski definition) is 1. The van der Waals surface area contributed by atoms with Crippen molar-refractivity contribution in [3.63, 3.8) is 0 Å². The largest absolute Gasteiger partial charge is 0.326 e. The molecule has 0 atom stereocenters. The first kappa shape index (κ1) is 13.7. The van der Waals surface area contributed by atoms with Gasteiger partial charge in [0.1, 0.15) is 0 Å². The van der Waals surface area contributed by atoms with Crippen LogP contribution in [0.4, 0.5) is 5.69 Å². The zero-order valence-electron chi connectivity index (χ0n) is 8.84. The zero-order chi connectivity index (χ0) is 10.4. The minimum absolute atomic E-state index is 0. The summed E-state index contributed by atoms with van der Waals surface area (Å²) in [5.41, 5.74) is 2.09. The normalized spacial score (nSPS) is 9.20. The van der Waals surface area contributed by atoms with E-state index in [0.717, 1.165) is 18.5 Å². The Labute approximate surface area is 92.7 Å². The molecule has 0 saturated heterocycles. The Morgan fingerprint density at radius 2 is 1.87 bits per heavy atom. The van der Waals surface area contributed by atoms with Crippen LogP contribution in [-0.4, -0.2) is 5.91 Å². The summed E-state index contributed by atoms with van der Waals surface area (Å²) in [5.74, 6) is 0.107. The molecule has 2 nitrogen and oxygen atoms in total. The van der Waals surface area contributed by atoms with E-state index >= 15 is 0 Å².